The average molecular weight is 456 g/mol. The van der Waals surface area contributed by atoms with Crippen molar-refractivity contribution in [3.8, 4) is 11.1 Å². The molecule has 0 radical (unpaired) electrons. The highest BCUT2D eigenvalue weighted by Crippen LogP contribution is 2.44. The third-order valence-electron chi connectivity index (χ3n) is 5.12. The number of aliphatic carboxylic acids is 1. The molecule has 0 saturated carbocycles. The molecule has 0 bridgehead atoms. The van der Waals surface area contributed by atoms with Gasteiger partial charge in [0.15, 0.2) is 10.8 Å². The summed E-state index contributed by atoms with van der Waals surface area (Å²) in [6, 6.07) is 14.8. The van der Waals surface area contributed by atoms with E-state index in [4.69, 9.17) is 4.74 Å². The van der Waals surface area contributed by atoms with Crippen LogP contribution in [0.5, 0.6) is 0 Å². The highest BCUT2D eigenvalue weighted by molar-refractivity contribution is 9.10. The maximum Gasteiger partial charge on any atom is 0.408 e. The van der Waals surface area contributed by atoms with Crippen molar-refractivity contribution < 1.29 is 19.4 Å². The molecule has 1 amide bonds. The van der Waals surface area contributed by atoms with Gasteiger partial charge in [-0.25, -0.2) is 14.6 Å². The van der Waals surface area contributed by atoms with E-state index in [-0.39, 0.29) is 12.5 Å². The van der Waals surface area contributed by atoms with Crippen LogP contribution in [-0.2, 0) is 16.6 Å². The molecule has 1 aromatic heterocycles. The maximum absolute atomic E-state index is 12.4. The van der Waals surface area contributed by atoms with Gasteiger partial charge in [-0.05, 0) is 38.2 Å². The SMILES string of the molecule is Cn1c(C(NC(=O)OCC2c3ccccc3-c3ccccc32)C(=O)O)cnc1Br. The van der Waals surface area contributed by atoms with Crippen molar-refractivity contribution in [3.05, 3.63) is 76.3 Å². The summed E-state index contributed by atoms with van der Waals surface area (Å²) in [7, 11) is 1.65. The number of alkyl carbamates (subject to hydrolysis) is 1. The van der Waals surface area contributed by atoms with Gasteiger partial charge in [0.25, 0.3) is 0 Å². The summed E-state index contributed by atoms with van der Waals surface area (Å²) in [5, 5.41) is 11.9. The van der Waals surface area contributed by atoms with Gasteiger partial charge in [-0.3, -0.25) is 0 Å². The quantitative estimate of drug-likeness (QED) is 0.609. The number of nitrogens with zero attached hydrogens (tertiary/aromatic N) is 2. The molecule has 1 heterocycles. The maximum atomic E-state index is 12.4. The Morgan fingerprint density at radius 1 is 1.17 bits per heavy atom. The second kappa shape index (κ2) is 7.71. The van der Waals surface area contributed by atoms with Crippen LogP contribution in [0, 0.1) is 0 Å². The number of carbonyl (C=O) groups excluding carboxylic acids is 1. The molecule has 3 aromatic rings. The Morgan fingerprint density at radius 3 is 2.28 bits per heavy atom. The van der Waals surface area contributed by atoms with Crippen molar-refractivity contribution in [2.75, 3.05) is 6.61 Å². The Morgan fingerprint density at radius 2 is 1.76 bits per heavy atom. The first-order valence-electron chi connectivity index (χ1n) is 8.98. The lowest BCUT2D eigenvalue weighted by atomic mass is 9.98. The number of carboxylic acids is 1. The van der Waals surface area contributed by atoms with Crippen LogP contribution < -0.4 is 5.32 Å². The lowest BCUT2D eigenvalue weighted by molar-refractivity contribution is -0.139. The van der Waals surface area contributed by atoms with Crippen molar-refractivity contribution in [1.29, 1.82) is 0 Å². The molecule has 2 aromatic carbocycles. The van der Waals surface area contributed by atoms with Gasteiger partial charge in [-0.1, -0.05) is 48.5 Å². The molecular formula is C21H18BrN3O4. The summed E-state index contributed by atoms with van der Waals surface area (Å²) < 4.78 is 7.44. The number of nitrogens with one attached hydrogen (secondary N) is 1. The lowest BCUT2D eigenvalue weighted by Crippen LogP contribution is -2.35. The standard InChI is InChI=1S/C21H18BrN3O4/c1-25-17(10-23-20(25)22)18(19(26)27)24-21(28)29-11-16-14-8-4-2-6-12(14)13-7-3-5-9-15(13)16/h2-10,16,18H,11H2,1H3,(H,24,28)(H,26,27). The molecule has 1 aliphatic rings. The van der Waals surface area contributed by atoms with Crippen molar-refractivity contribution in [1.82, 2.24) is 14.9 Å². The zero-order valence-corrected chi connectivity index (χ0v) is 17.1. The highest BCUT2D eigenvalue weighted by atomic mass is 79.9. The molecule has 0 fully saturated rings. The fourth-order valence-electron chi connectivity index (χ4n) is 3.69. The molecule has 2 N–H and O–H groups in total. The summed E-state index contributed by atoms with van der Waals surface area (Å²) in [6.45, 7) is 0.112. The molecule has 1 aliphatic carbocycles. The smallest absolute Gasteiger partial charge is 0.408 e. The van der Waals surface area contributed by atoms with E-state index in [1.54, 1.807) is 11.6 Å². The molecule has 0 saturated heterocycles. The van der Waals surface area contributed by atoms with Crippen LogP contribution in [0.2, 0.25) is 0 Å². The van der Waals surface area contributed by atoms with Gasteiger partial charge < -0.3 is 19.7 Å². The van der Waals surface area contributed by atoms with Crippen LogP contribution in [-0.4, -0.2) is 33.3 Å². The van der Waals surface area contributed by atoms with Crippen molar-refractivity contribution in [2.24, 2.45) is 7.05 Å². The first-order valence-corrected chi connectivity index (χ1v) is 9.78. The third kappa shape index (κ3) is 3.51. The van der Waals surface area contributed by atoms with E-state index in [0.29, 0.717) is 10.4 Å². The zero-order valence-electron chi connectivity index (χ0n) is 15.5. The number of halogens is 1. The number of amides is 1. The molecule has 7 nitrogen and oxygen atoms in total. The minimum Gasteiger partial charge on any atom is -0.479 e. The van der Waals surface area contributed by atoms with Gasteiger partial charge in [-0.2, -0.15) is 0 Å². The Bertz CT molecular complexity index is 1050. The van der Waals surface area contributed by atoms with Crippen LogP contribution in [0.1, 0.15) is 28.8 Å². The summed E-state index contributed by atoms with van der Waals surface area (Å²) >= 11 is 3.22. The van der Waals surface area contributed by atoms with E-state index in [1.165, 1.54) is 6.20 Å². The van der Waals surface area contributed by atoms with Crippen LogP contribution in [0.15, 0.2) is 59.5 Å². The van der Waals surface area contributed by atoms with Gasteiger partial charge in [0.05, 0.1) is 11.9 Å². The van der Waals surface area contributed by atoms with E-state index in [9.17, 15) is 14.7 Å². The Labute approximate surface area is 175 Å². The number of hydrogen-bond donors (Lipinski definition) is 2. The largest absolute Gasteiger partial charge is 0.479 e. The van der Waals surface area contributed by atoms with Gasteiger partial charge in [0, 0.05) is 13.0 Å². The van der Waals surface area contributed by atoms with Crippen molar-refractivity contribution >= 4 is 28.0 Å². The minimum absolute atomic E-state index is 0.0951. The third-order valence-corrected chi connectivity index (χ3v) is 5.85. The molecule has 0 aliphatic heterocycles. The van der Waals surface area contributed by atoms with Crippen LogP contribution >= 0.6 is 15.9 Å². The van der Waals surface area contributed by atoms with Gasteiger partial charge in [-0.15, -0.1) is 0 Å². The van der Waals surface area contributed by atoms with Crippen LogP contribution in [0.3, 0.4) is 0 Å². The number of aromatic nitrogens is 2. The monoisotopic (exact) mass is 455 g/mol. The zero-order chi connectivity index (χ0) is 20.5. The summed E-state index contributed by atoms with van der Waals surface area (Å²) in [6.07, 6.45) is 0.601. The number of benzene rings is 2. The normalized spacial score (nSPS) is 13.4. The summed E-state index contributed by atoms with van der Waals surface area (Å²) in [5.74, 6) is -1.30. The molecule has 29 heavy (non-hydrogen) atoms. The number of rotatable bonds is 5. The van der Waals surface area contributed by atoms with Gasteiger partial charge in [0.1, 0.15) is 6.61 Å². The first-order chi connectivity index (χ1) is 14.0. The Hall–Kier alpha value is -3.13. The van der Waals surface area contributed by atoms with E-state index in [2.05, 4.69) is 38.4 Å². The molecular weight excluding hydrogens is 438 g/mol. The lowest BCUT2D eigenvalue weighted by Gasteiger charge is -2.17. The molecule has 1 atom stereocenters. The Balaban J connectivity index is 1.50. The van der Waals surface area contributed by atoms with E-state index in [1.807, 2.05) is 36.4 Å². The molecule has 1 unspecified atom stereocenters. The van der Waals surface area contributed by atoms with Crippen molar-refractivity contribution in [3.63, 3.8) is 0 Å². The fourth-order valence-corrected chi connectivity index (χ4v) is 3.99. The minimum atomic E-state index is -1.27. The van der Waals surface area contributed by atoms with Crippen molar-refractivity contribution in [2.45, 2.75) is 12.0 Å². The van der Waals surface area contributed by atoms with Gasteiger partial charge >= 0.3 is 12.1 Å². The highest BCUT2D eigenvalue weighted by Gasteiger charge is 2.30. The molecule has 0 spiro atoms. The fraction of sp³-hybridized carbons (Fsp3) is 0.190. The number of carbonyl (C=O) groups is 2. The van der Waals surface area contributed by atoms with E-state index in [0.717, 1.165) is 22.3 Å². The van der Waals surface area contributed by atoms with E-state index < -0.39 is 18.1 Å². The topological polar surface area (TPSA) is 93.5 Å². The van der Waals surface area contributed by atoms with Crippen LogP contribution in [0.25, 0.3) is 11.1 Å². The van der Waals surface area contributed by atoms with E-state index >= 15 is 0 Å². The second-order valence-electron chi connectivity index (χ2n) is 6.75. The first kappa shape index (κ1) is 19.2. The molecule has 148 valence electrons. The predicted molar refractivity (Wildman–Crippen MR) is 109 cm³/mol. The second-order valence-corrected chi connectivity index (χ2v) is 7.46. The number of ether oxygens (including phenoxy) is 1. The number of hydrogen-bond acceptors (Lipinski definition) is 4. The number of fused-ring (bicyclic) bond motifs is 3. The predicted octanol–water partition coefficient (Wildman–Crippen LogP) is 3.85. The molecule has 4 rings (SSSR count). The number of imidazole rings is 1. The number of carboxylic acid groups (broad SMARTS) is 1. The Kier molecular flexibility index (Phi) is 5.10. The van der Waals surface area contributed by atoms with Gasteiger partial charge in [0.2, 0.25) is 0 Å². The molecule has 8 heteroatoms. The average Bonchev–Trinajstić information content (AvgIpc) is 3.22. The van der Waals surface area contributed by atoms with Crippen LogP contribution in [0.4, 0.5) is 4.79 Å². The summed E-state index contributed by atoms with van der Waals surface area (Å²) in [4.78, 5) is 28.1. The summed E-state index contributed by atoms with van der Waals surface area (Å²) in [5.41, 5.74) is 4.76.